The van der Waals surface area contributed by atoms with E-state index in [4.69, 9.17) is 9.40 Å². The molecular weight excluding hydrogens is 356 g/mol. The van der Waals surface area contributed by atoms with E-state index in [0.717, 1.165) is 17.7 Å². The standard InChI is InChI=1S/C22H18N2O2S/c25-21(19-12-14-26-15-19)24(13-11-17-7-3-1-4-8-17)22-23-20(16-27-22)18-9-5-2-6-10-18/h1-10,12,14-16H,11,13H2. The number of hydrogen-bond donors (Lipinski definition) is 0. The van der Waals surface area contributed by atoms with E-state index >= 15 is 0 Å². The van der Waals surface area contributed by atoms with Gasteiger partial charge in [0.15, 0.2) is 5.13 Å². The minimum atomic E-state index is -0.103. The molecule has 0 bridgehead atoms. The molecule has 5 heteroatoms. The van der Waals surface area contributed by atoms with Crippen LogP contribution in [0.1, 0.15) is 15.9 Å². The van der Waals surface area contributed by atoms with Gasteiger partial charge in [-0.25, -0.2) is 4.98 Å². The van der Waals surface area contributed by atoms with Gasteiger partial charge in [-0.1, -0.05) is 60.7 Å². The van der Waals surface area contributed by atoms with Crippen LogP contribution >= 0.6 is 11.3 Å². The molecule has 27 heavy (non-hydrogen) atoms. The highest BCUT2D eigenvalue weighted by molar-refractivity contribution is 7.14. The van der Waals surface area contributed by atoms with Gasteiger partial charge in [0, 0.05) is 17.5 Å². The Morgan fingerprint density at radius 1 is 1.00 bits per heavy atom. The molecule has 0 atom stereocenters. The van der Waals surface area contributed by atoms with Crippen molar-refractivity contribution in [2.24, 2.45) is 0 Å². The molecule has 0 aliphatic carbocycles. The van der Waals surface area contributed by atoms with Gasteiger partial charge in [-0.15, -0.1) is 11.3 Å². The van der Waals surface area contributed by atoms with Crippen molar-refractivity contribution < 1.29 is 9.21 Å². The van der Waals surface area contributed by atoms with Crippen LogP contribution in [0.25, 0.3) is 11.3 Å². The second-order valence-corrected chi connectivity index (χ2v) is 6.92. The Morgan fingerprint density at radius 3 is 2.44 bits per heavy atom. The molecule has 0 unspecified atom stereocenters. The first-order valence-corrected chi connectivity index (χ1v) is 9.58. The molecule has 1 amide bonds. The summed E-state index contributed by atoms with van der Waals surface area (Å²) in [5.41, 5.74) is 3.63. The van der Waals surface area contributed by atoms with E-state index in [2.05, 4.69) is 12.1 Å². The minimum absolute atomic E-state index is 0.103. The van der Waals surface area contributed by atoms with E-state index in [-0.39, 0.29) is 5.91 Å². The highest BCUT2D eigenvalue weighted by Crippen LogP contribution is 2.28. The number of amides is 1. The van der Waals surface area contributed by atoms with Gasteiger partial charge in [-0.05, 0) is 18.1 Å². The third kappa shape index (κ3) is 3.99. The van der Waals surface area contributed by atoms with E-state index in [1.165, 1.54) is 29.4 Å². The first-order chi connectivity index (χ1) is 13.3. The fourth-order valence-corrected chi connectivity index (χ4v) is 3.70. The first-order valence-electron chi connectivity index (χ1n) is 8.70. The highest BCUT2D eigenvalue weighted by Gasteiger charge is 2.21. The third-order valence-electron chi connectivity index (χ3n) is 4.27. The first kappa shape index (κ1) is 17.2. The number of thiazole rings is 1. The molecule has 4 nitrogen and oxygen atoms in total. The van der Waals surface area contributed by atoms with Crippen molar-refractivity contribution in [2.75, 3.05) is 11.4 Å². The van der Waals surface area contributed by atoms with Crippen molar-refractivity contribution in [3.63, 3.8) is 0 Å². The molecule has 4 rings (SSSR count). The average Bonchev–Trinajstić information content (AvgIpc) is 3.42. The van der Waals surface area contributed by atoms with Gasteiger partial charge < -0.3 is 4.42 Å². The Labute approximate surface area is 161 Å². The van der Waals surface area contributed by atoms with Crippen LogP contribution in [0.3, 0.4) is 0 Å². The van der Waals surface area contributed by atoms with Crippen molar-refractivity contribution in [2.45, 2.75) is 6.42 Å². The van der Waals surface area contributed by atoms with E-state index in [9.17, 15) is 4.79 Å². The van der Waals surface area contributed by atoms with Gasteiger partial charge in [0.05, 0.1) is 17.5 Å². The summed E-state index contributed by atoms with van der Waals surface area (Å²) in [6, 6.07) is 21.8. The van der Waals surface area contributed by atoms with E-state index < -0.39 is 0 Å². The maximum absolute atomic E-state index is 13.0. The monoisotopic (exact) mass is 374 g/mol. The molecule has 0 aliphatic rings. The molecule has 134 valence electrons. The Morgan fingerprint density at radius 2 is 1.74 bits per heavy atom. The zero-order chi connectivity index (χ0) is 18.5. The van der Waals surface area contributed by atoms with Gasteiger partial charge in [-0.3, -0.25) is 9.69 Å². The molecule has 0 aliphatic heterocycles. The summed E-state index contributed by atoms with van der Waals surface area (Å²) in [4.78, 5) is 19.5. The summed E-state index contributed by atoms with van der Waals surface area (Å²) >= 11 is 1.48. The summed E-state index contributed by atoms with van der Waals surface area (Å²) in [5, 5.41) is 2.68. The highest BCUT2D eigenvalue weighted by atomic mass is 32.1. The van der Waals surface area contributed by atoms with Crippen LogP contribution in [0.15, 0.2) is 89.1 Å². The predicted molar refractivity (Wildman–Crippen MR) is 108 cm³/mol. The summed E-state index contributed by atoms with van der Waals surface area (Å²) in [5.74, 6) is -0.103. The largest absolute Gasteiger partial charge is 0.472 e. The van der Waals surface area contributed by atoms with Gasteiger partial charge in [-0.2, -0.15) is 0 Å². The summed E-state index contributed by atoms with van der Waals surface area (Å²) in [6.45, 7) is 0.551. The molecule has 2 aromatic carbocycles. The van der Waals surface area contributed by atoms with E-state index in [1.807, 2.05) is 53.9 Å². The van der Waals surface area contributed by atoms with Crippen LogP contribution in [0.4, 0.5) is 5.13 Å². The van der Waals surface area contributed by atoms with Crippen LogP contribution < -0.4 is 4.90 Å². The number of nitrogens with zero attached hydrogens (tertiary/aromatic N) is 2. The smallest absolute Gasteiger partial charge is 0.263 e. The van der Waals surface area contributed by atoms with Gasteiger partial charge in [0.1, 0.15) is 6.26 Å². The van der Waals surface area contributed by atoms with Crippen molar-refractivity contribution in [3.8, 4) is 11.3 Å². The lowest BCUT2D eigenvalue weighted by atomic mass is 10.1. The van der Waals surface area contributed by atoms with E-state index in [1.54, 1.807) is 11.0 Å². The number of hydrogen-bond acceptors (Lipinski definition) is 4. The van der Waals surface area contributed by atoms with E-state index in [0.29, 0.717) is 17.2 Å². The van der Waals surface area contributed by atoms with Crippen LogP contribution in [-0.2, 0) is 6.42 Å². The number of carbonyl (C=O) groups excluding carboxylic acids is 1. The van der Waals surface area contributed by atoms with Crippen LogP contribution in [0.2, 0.25) is 0 Å². The number of carbonyl (C=O) groups is 1. The molecule has 2 heterocycles. The average molecular weight is 374 g/mol. The summed E-state index contributed by atoms with van der Waals surface area (Å²) in [7, 11) is 0. The molecule has 0 radical (unpaired) electrons. The molecule has 2 aromatic heterocycles. The van der Waals surface area contributed by atoms with Gasteiger partial charge in [0.2, 0.25) is 0 Å². The second kappa shape index (κ2) is 8.01. The Balaban J connectivity index is 1.61. The fourth-order valence-electron chi connectivity index (χ4n) is 2.84. The number of rotatable bonds is 6. The number of furan rings is 1. The third-order valence-corrected chi connectivity index (χ3v) is 5.14. The van der Waals surface area contributed by atoms with Crippen LogP contribution in [-0.4, -0.2) is 17.4 Å². The molecular formula is C22H18N2O2S. The summed E-state index contributed by atoms with van der Waals surface area (Å²) in [6.07, 6.45) is 3.74. The molecule has 0 N–H and O–H groups in total. The molecule has 0 saturated heterocycles. The maximum atomic E-state index is 13.0. The Bertz CT molecular complexity index is 995. The maximum Gasteiger partial charge on any atom is 0.263 e. The number of anilines is 1. The SMILES string of the molecule is O=C(c1ccoc1)N(CCc1ccccc1)c1nc(-c2ccccc2)cs1. The van der Waals surface area contributed by atoms with Crippen molar-refractivity contribution in [1.82, 2.24) is 4.98 Å². The van der Waals surface area contributed by atoms with Gasteiger partial charge >= 0.3 is 0 Å². The number of aromatic nitrogens is 1. The Kier molecular flexibility index (Phi) is 5.12. The lowest BCUT2D eigenvalue weighted by molar-refractivity contribution is 0.0986. The molecule has 4 aromatic rings. The topological polar surface area (TPSA) is 46.3 Å². The van der Waals surface area contributed by atoms with Crippen molar-refractivity contribution in [1.29, 1.82) is 0 Å². The quantitative estimate of drug-likeness (QED) is 0.460. The zero-order valence-electron chi connectivity index (χ0n) is 14.6. The van der Waals surface area contributed by atoms with Crippen molar-refractivity contribution >= 4 is 22.4 Å². The van der Waals surface area contributed by atoms with Crippen LogP contribution in [0, 0.1) is 0 Å². The molecule has 0 saturated carbocycles. The van der Waals surface area contributed by atoms with Crippen molar-refractivity contribution in [3.05, 3.63) is 95.8 Å². The lowest BCUT2D eigenvalue weighted by Crippen LogP contribution is -2.32. The normalized spacial score (nSPS) is 10.7. The zero-order valence-corrected chi connectivity index (χ0v) is 15.4. The molecule has 0 spiro atoms. The minimum Gasteiger partial charge on any atom is -0.472 e. The summed E-state index contributed by atoms with van der Waals surface area (Å²) < 4.78 is 5.09. The van der Waals surface area contributed by atoms with Crippen LogP contribution in [0.5, 0.6) is 0 Å². The lowest BCUT2D eigenvalue weighted by Gasteiger charge is -2.19. The second-order valence-electron chi connectivity index (χ2n) is 6.09. The molecule has 0 fully saturated rings. The number of benzene rings is 2. The Hall–Kier alpha value is -3.18. The van der Waals surface area contributed by atoms with Gasteiger partial charge in [0.25, 0.3) is 5.91 Å². The predicted octanol–water partition coefficient (Wildman–Crippen LogP) is 5.29. The fraction of sp³-hybridized carbons (Fsp3) is 0.0909.